The molecule has 0 heterocycles. The van der Waals surface area contributed by atoms with Gasteiger partial charge >= 0.3 is 0 Å². The molecule has 0 fully saturated rings. The van der Waals surface area contributed by atoms with Crippen molar-refractivity contribution in [1.82, 2.24) is 0 Å². The second kappa shape index (κ2) is 5.31. The van der Waals surface area contributed by atoms with E-state index in [1.807, 2.05) is 6.92 Å². The van der Waals surface area contributed by atoms with Crippen LogP contribution >= 0.6 is 0 Å². The van der Waals surface area contributed by atoms with E-state index < -0.39 is 4.92 Å². The van der Waals surface area contributed by atoms with Crippen LogP contribution in [0.2, 0.25) is 0 Å². The van der Waals surface area contributed by atoms with Gasteiger partial charge in [0.2, 0.25) is 0 Å². The molecule has 3 N–H and O–H groups in total. The second-order valence-electron chi connectivity index (χ2n) is 3.26. The van der Waals surface area contributed by atoms with Crippen molar-refractivity contribution in [2.24, 2.45) is 5.73 Å². The van der Waals surface area contributed by atoms with Crippen LogP contribution in [0, 0.1) is 10.1 Å². The number of hydrogen-bond donors (Lipinski definition) is 2. The van der Waals surface area contributed by atoms with Crippen LogP contribution in [-0.4, -0.2) is 17.5 Å². The third kappa shape index (κ3) is 2.92. The first-order valence-corrected chi connectivity index (χ1v) is 4.89. The molecule has 1 unspecified atom stereocenters. The molecule has 15 heavy (non-hydrogen) atoms. The molecule has 1 atom stereocenters. The first-order chi connectivity index (χ1) is 7.19. The number of benzene rings is 1. The summed E-state index contributed by atoms with van der Waals surface area (Å²) in [5, 5.41) is 13.8. The number of para-hydroxylation sites is 2. The largest absolute Gasteiger partial charge is 0.375 e. The summed E-state index contributed by atoms with van der Waals surface area (Å²) >= 11 is 0. The standard InChI is InChI=1S/C10H15N3O2/c1-2-8(7-11)12-9-5-3-4-6-10(9)13(14)15/h3-6,8,12H,2,7,11H2,1H3. The number of nitrogens with zero attached hydrogens (tertiary/aromatic N) is 1. The molecule has 0 amide bonds. The van der Waals surface area contributed by atoms with Gasteiger partial charge in [0.15, 0.2) is 0 Å². The van der Waals surface area contributed by atoms with E-state index in [1.165, 1.54) is 6.07 Å². The van der Waals surface area contributed by atoms with Crippen molar-refractivity contribution in [2.45, 2.75) is 19.4 Å². The summed E-state index contributed by atoms with van der Waals surface area (Å²) in [5.41, 5.74) is 6.14. The van der Waals surface area contributed by atoms with Gasteiger partial charge in [0, 0.05) is 18.7 Å². The van der Waals surface area contributed by atoms with Gasteiger partial charge in [-0.1, -0.05) is 19.1 Å². The summed E-state index contributed by atoms with van der Waals surface area (Å²) in [6.07, 6.45) is 0.836. The molecular formula is C10H15N3O2. The Morgan fingerprint density at radius 3 is 2.73 bits per heavy atom. The van der Waals surface area contributed by atoms with Gasteiger partial charge in [-0.15, -0.1) is 0 Å². The van der Waals surface area contributed by atoms with Gasteiger partial charge in [-0.05, 0) is 12.5 Å². The minimum absolute atomic E-state index is 0.0751. The SMILES string of the molecule is CCC(CN)Nc1ccccc1[N+](=O)[O-]. The van der Waals surface area contributed by atoms with Crippen molar-refractivity contribution in [3.63, 3.8) is 0 Å². The summed E-state index contributed by atoms with van der Waals surface area (Å²) in [6, 6.07) is 6.65. The van der Waals surface area contributed by atoms with E-state index in [-0.39, 0.29) is 11.7 Å². The van der Waals surface area contributed by atoms with Gasteiger partial charge in [-0.2, -0.15) is 0 Å². The van der Waals surface area contributed by atoms with Crippen LogP contribution in [0.25, 0.3) is 0 Å². The summed E-state index contributed by atoms with van der Waals surface area (Å²) in [6.45, 7) is 2.45. The number of nitro benzene ring substituents is 1. The summed E-state index contributed by atoms with van der Waals surface area (Å²) < 4.78 is 0. The van der Waals surface area contributed by atoms with Crippen LogP contribution < -0.4 is 11.1 Å². The maximum absolute atomic E-state index is 10.7. The summed E-state index contributed by atoms with van der Waals surface area (Å²) in [4.78, 5) is 10.3. The van der Waals surface area contributed by atoms with E-state index in [9.17, 15) is 10.1 Å². The molecule has 0 aromatic heterocycles. The molecule has 0 aliphatic carbocycles. The van der Waals surface area contributed by atoms with Crippen LogP contribution in [0.15, 0.2) is 24.3 Å². The lowest BCUT2D eigenvalue weighted by Gasteiger charge is -2.15. The van der Waals surface area contributed by atoms with E-state index >= 15 is 0 Å². The lowest BCUT2D eigenvalue weighted by molar-refractivity contribution is -0.384. The third-order valence-corrected chi connectivity index (χ3v) is 2.24. The maximum atomic E-state index is 10.7. The zero-order chi connectivity index (χ0) is 11.3. The third-order valence-electron chi connectivity index (χ3n) is 2.24. The Hall–Kier alpha value is -1.62. The lowest BCUT2D eigenvalue weighted by Crippen LogP contribution is -2.28. The van der Waals surface area contributed by atoms with Gasteiger partial charge in [0.1, 0.15) is 5.69 Å². The Morgan fingerprint density at radius 2 is 2.20 bits per heavy atom. The molecule has 1 rings (SSSR count). The van der Waals surface area contributed by atoms with Gasteiger partial charge in [-0.25, -0.2) is 0 Å². The zero-order valence-corrected chi connectivity index (χ0v) is 8.64. The molecule has 0 saturated heterocycles. The highest BCUT2D eigenvalue weighted by Gasteiger charge is 2.14. The fourth-order valence-corrected chi connectivity index (χ4v) is 1.30. The number of nitrogens with one attached hydrogen (secondary N) is 1. The van der Waals surface area contributed by atoms with Crippen molar-refractivity contribution >= 4 is 11.4 Å². The van der Waals surface area contributed by atoms with Crippen LogP contribution in [0.5, 0.6) is 0 Å². The second-order valence-corrected chi connectivity index (χ2v) is 3.26. The monoisotopic (exact) mass is 209 g/mol. The Morgan fingerprint density at radius 1 is 1.53 bits per heavy atom. The molecule has 5 heteroatoms. The van der Waals surface area contributed by atoms with Crippen molar-refractivity contribution in [2.75, 3.05) is 11.9 Å². The van der Waals surface area contributed by atoms with E-state index in [1.54, 1.807) is 18.2 Å². The van der Waals surface area contributed by atoms with E-state index in [2.05, 4.69) is 5.32 Å². The molecule has 1 aromatic carbocycles. The highest BCUT2D eigenvalue weighted by molar-refractivity contribution is 5.61. The summed E-state index contributed by atoms with van der Waals surface area (Å²) in [5.74, 6) is 0. The number of rotatable bonds is 5. The van der Waals surface area contributed by atoms with Crippen molar-refractivity contribution in [3.05, 3.63) is 34.4 Å². The maximum Gasteiger partial charge on any atom is 0.292 e. The first kappa shape index (κ1) is 11.5. The fourth-order valence-electron chi connectivity index (χ4n) is 1.30. The van der Waals surface area contributed by atoms with Gasteiger partial charge in [0.25, 0.3) is 5.69 Å². The van der Waals surface area contributed by atoms with Crippen molar-refractivity contribution in [1.29, 1.82) is 0 Å². The highest BCUT2D eigenvalue weighted by atomic mass is 16.6. The molecule has 1 aromatic rings. The molecule has 0 spiro atoms. The van der Waals surface area contributed by atoms with E-state index in [0.717, 1.165) is 6.42 Å². The number of nitrogens with two attached hydrogens (primary N) is 1. The number of anilines is 1. The van der Waals surface area contributed by atoms with Gasteiger partial charge < -0.3 is 11.1 Å². The predicted octanol–water partition coefficient (Wildman–Crippen LogP) is 1.74. The minimum atomic E-state index is -0.397. The van der Waals surface area contributed by atoms with Crippen LogP contribution in [0.4, 0.5) is 11.4 Å². The Bertz CT molecular complexity index is 337. The quantitative estimate of drug-likeness (QED) is 0.571. The van der Waals surface area contributed by atoms with Crippen LogP contribution in [-0.2, 0) is 0 Å². The topological polar surface area (TPSA) is 81.2 Å². The molecular weight excluding hydrogens is 194 g/mol. The van der Waals surface area contributed by atoms with E-state index in [4.69, 9.17) is 5.73 Å². The molecule has 0 saturated carbocycles. The van der Waals surface area contributed by atoms with Crippen molar-refractivity contribution < 1.29 is 4.92 Å². The fraction of sp³-hybridized carbons (Fsp3) is 0.400. The normalized spacial score (nSPS) is 12.1. The molecule has 0 aliphatic heterocycles. The minimum Gasteiger partial charge on any atom is -0.375 e. The van der Waals surface area contributed by atoms with Gasteiger partial charge in [-0.3, -0.25) is 10.1 Å². The lowest BCUT2D eigenvalue weighted by atomic mass is 10.2. The van der Waals surface area contributed by atoms with Crippen LogP contribution in [0.1, 0.15) is 13.3 Å². The van der Waals surface area contributed by atoms with Crippen molar-refractivity contribution in [3.8, 4) is 0 Å². The molecule has 0 aliphatic rings. The zero-order valence-electron chi connectivity index (χ0n) is 8.64. The molecule has 0 radical (unpaired) electrons. The Kier molecular flexibility index (Phi) is 4.05. The molecule has 0 bridgehead atoms. The van der Waals surface area contributed by atoms with Gasteiger partial charge in [0.05, 0.1) is 4.92 Å². The first-order valence-electron chi connectivity index (χ1n) is 4.89. The average molecular weight is 209 g/mol. The predicted molar refractivity (Wildman–Crippen MR) is 59.9 cm³/mol. The molecule has 82 valence electrons. The summed E-state index contributed by atoms with van der Waals surface area (Å²) in [7, 11) is 0. The van der Waals surface area contributed by atoms with E-state index in [0.29, 0.717) is 12.2 Å². The Labute approximate surface area is 88.4 Å². The molecule has 5 nitrogen and oxygen atoms in total. The Balaban J connectivity index is 2.88. The average Bonchev–Trinajstić information content (AvgIpc) is 2.26. The van der Waals surface area contributed by atoms with Crippen LogP contribution in [0.3, 0.4) is 0 Å². The number of nitro groups is 1. The number of hydrogen-bond acceptors (Lipinski definition) is 4. The smallest absolute Gasteiger partial charge is 0.292 e. The highest BCUT2D eigenvalue weighted by Crippen LogP contribution is 2.23.